The van der Waals surface area contributed by atoms with E-state index in [0.717, 1.165) is 89.9 Å². The zero-order valence-electron chi connectivity index (χ0n) is 64.1. The van der Waals surface area contributed by atoms with Crippen LogP contribution < -0.4 is 0 Å². The highest BCUT2D eigenvalue weighted by Crippen LogP contribution is 2.45. The SMILES string of the molecule is CCCCC/C=C\C/C=C\C/C=C\C/C=C\CCCC(=O)O[C@H](COC(=O)CCCCCCCCCCCCCCCCC)COP(=O)(O)OC[C@@H](O)COP(=O)(O)OC[C@@H](COC(=O)CCCCCCCCCCCCCCCCC)OC(=O)CCCCCCCCCCCCCCC. The van der Waals surface area contributed by atoms with Crippen molar-refractivity contribution in [1.82, 2.24) is 0 Å². The van der Waals surface area contributed by atoms with E-state index in [1.807, 2.05) is 12.2 Å². The van der Waals surface area contributed by atoms with Gasteiger partial charge >= 0.3 is 39.5 Å². The molecule has 19 heteroatoms. The summed E-state index contributed by atoms with van der Waals surface area (Å²) in [7, 11) is -9.95. The van der Waals surface area contributed by atoms with Crippen LogP contribution in [-0.2, 0) is 65.4 Å². The lowest BCUT2D eigenvalue weighted by molar-refractivity contribution is -0.161. The van der Waals surface area contributed by atoms with Gasteiger partial charge in [-0.05, 0) is 64.2 Å². The lowest BCUT2D eigenvalue weighted by Crippen LogP contribution is -2.30. The van der Waals surface area contributed by atoms with Crippen molar-refractivity contribution in [1.29, 1.82) is 0 Å². The van der Waals surface area contributed by atoms with Crippen molar-refractivity contribution in [3.05, 3.63) is 48.6 Å². The fourth-order valence-electron chi connectivity index (χ4n) is 11.6. The molecule has 586 valence electrons. The highest BCUT2D eigenvalue weighted by Gasteiger charge is 2.30. The number of aliphatic hydroxyl groups excluding tert-OH is 1. The van der Waals surface area contributed by atoms with Crippen molar-refractivity contribution in [2.45, 2.75) is 406 Å². The van der Waals surface area contributed by atoms with Crippen LogP contribution in [0.2, 0.25) is 0 Å². The molecule has 0 fully saturated rings. The Morgan fingerprint density at radius 2 is 0.500 bits per heavy atom. The molecule has 3 N–H and O–H groups in total. The number of ether oxygens (including phenoxy) is 4. The summed E-state index contributed by atoms with van der Waals surface area (Å²) in [6.45, 7) is 4.89. The van der Waals surface area contributed by atoms with Crippen LogP contribution in [0, 0.1) is 0 Å². The molecule has 100 heavy (non-hydrogen) atoms. The minimum absolute atomic E-state index is 0.0257. The lowest BCUT2D eigenvalue weighted by atomic mass is 10.0. The molecule has 0 aromatic heterocycles. The van der Waals surface area contributed by atoms with E-state index in [1.54, 1.807) is 0 Å². The molecule has 0 radical (unpaired) electrons. The summed E-state index contributed by atoms with van der Waals surface area (Å²) < 4.78 is 68.6. The van der Waals surface area contributed by atoms with Gasteiger partial charge in [0.1, 0.15) is 19.3 Å². The van der Waals surface area contributed by atoms with Crippen LogP contribution in [0.15, 0.2) is 48.6 Å². The number of hydrogen-bond acceptors (Lipinski definition) is 15. The van der Waals surface area contributed by atoms with E-state index in [9.17, 15) is 43.2 Å². The van der Waals surface area contributed by atoms with Crippen molar-refractivity contribution in [2.75, 3.05) is 39.6 Å². The lowest BCUT2D eigenvalue weighted by Gasteiger charge is -2.21. The molecule has 0 heterocycles. The Hall–Kier alpha value is -2.98. The van der Waals surface area contributed by atoms with E-state index in [1.165, 1.54) is 212 Å². The molecule has 0 bridgehead atoms. The number of esters is 4. The Bertz CT molecular complexity index is 2080. The number of phosphoric acid groups is 2. The van der Waals surface area contributed by atoms with Crippen LogP contribution in [0.25, 0.3) is 0 Å². The van der Waals surface area contributed by atoms with Gasteiger partial charge in [-0.25, -0.2) is 9.13 Å². The highest BCUT2D eigenvalue weighted by atomic mass is 31.2. The molecule has 0 aliphatic heterocycles. The summed E-state index contributed by atoms with van der Waals surface area (Å²) in [6.07, 6.45) is 72.3. The zero-order chi connectivity index (χ0) is 73.2. The number of carbonyl (C=O) groups excluding carboxylic acids is 4. The number of hydrogen-bond donors (Lipinski definition) is 3. The smallest absolute Gasteiger partial charge is 0.462 e. The van der Waals surface area contributed by atoms with Crippen molar-refractivity contribution < 1.29 is 80.2 Å². The number of unbranched alkanes of at least 4 members (excludes halogenated alkanes) is 44. The molecule has 17 nitrogen and oxygen atoms in total. The minimum atomic E-state index is -4.98. The molecule has 0 rings (SSSR count). The van der Waals surface area contributed by atoms with Gasteiger partial charge < -0.3 is 33.8 Å². The monoisotopic (exact) mass is 1460 g/mol. The molecule has 0 aliphatic carbocycles. The van der Waals surface area contributed by atoms with E-state index in [2.05, 4.69) is 64.2 Å². The predicted molar refractivity (Wildman–Crippen MR) is 409 cm³/mol. The van der Waals surface area contributed by atoms with Crippen LogP contribution in [0.5, 0.6) is 0 Å². The normalized spacial score (nSPS) is 14.1. The molecule has 0 amide bonds. The zero-order valence-corrected chi connectivity index (χ0v) is 65.9. The maximum Gasteiger partial charge on any atom is 0.472 e. The molecule has 0 aromatic carbocycles. The van der Waals surface area contributed by atoms with Crippen molar-refractivity contribution in [3.8, 4) is 0 Å². The Labute approximate surface area is 610 Å². The second-order valence-corrected chi connectivity index (χ2v) is 30.6. The first-order valence-corrected chi connectivity index (χ1v) is 43.9. The fourth-order valence-corrected chi connectivity index (χ4v) is 13.1. The van der Waals surface area contributed by atoms with E-state index in [0.29, 0.717) is 32.1 Å². The number of phosphoric ester groups is 2. The predicted octanol–water partition coefficient (Wildman–Crippen LogP) is 23.7. The molecule has 0 saturated carbocycles. The topological polar surface area (TPSA) is 237 Å². The van der Waals surface area contributed by atoms with Crippen LogP contribution in [0.3, 0.4) is 0 Å². The van der Waals surface area contributed by atoms with Gasteiger partial charge in [0.05, 0.1) is 26.4 Å². The number of rotatable bonds is 78. The molecular weight excluding hydrogens is 1310 g/mol. The van der Waals surface area contributed by atoms with E-state index >= 15 is 0 Å². The Morgan fingerprint density at radius 1 is 0.280 bits per heavy atom. The summed E-state index contributed by atoms with van der Waals surface area (Å²) >= 11 is 0. The van der Waals surface area contributed by atoms with Gasteiger partial charge in [0, 0.05) is 25.7 Å². The van der Waals surface area contributed by atoms with Gasteiger partial charge in [0.25, 0.3) is 0 Å². The second kappa shape index (κ2) is 74.3. The number of aliphatic hydroxyl groups is 1. The van der Waals surface area contributed by atoms with Gasteiger partial charge in [-0.2, -0.15) is 0 Å². The molecule has 5 atom stereocenters. The first-order valence-electron chi connectivity index (χ1n) is 40.9. The molecule has 0 spiro atoms. The standard InChI is InChI=1S/C81H150O17P2/c1-5-9-13-17-21-25-29-33-36-37-40-44-48-52-56-60-64-68-81(86)98-77(72-92-79(84)66-62-58-54-50-46-43-39-35-31-27-23-19-15-11-7-3)74-96-100(89,90)94-70-75(82)69-93-99(87,88)95-73-76(97-80(85)67-63-59-55-51-47-41-32-28-24-20-16-12-8-4)71-91-78(83)65-61-57-53-49-45-42-38-34-30-26-22-18-14-10-6-2/h21,25,33,36,40,44,52,56,75-77,82H,5-20,22-24,26-32,34-35,37-39,41-43,45-51,53-55,57-74H2,1-4H3,(H,87,88)(H,89,90)/b25-21-,36-33-,44-40-,56-52-/t75-,76+,77+/m0/s1. The Balaban J connectivity index is 5.35. The summed E-state index contributed by atoms with van der Waals surface area (Å²) in [4.78, 5) is 73.0. The summed E-state index contributed by atoms with van der Waals surface area (Å²) in [5, 5.41) is 10.6. The fraction of sp³-hybridized carbons (Fsp3) is 0.852. The third-order valence-corrected chi connectivity index (χ3v) is 19.7. The maximum absolute atomic E-state index is 13.1. The highest BCUT2D eigenvalue weighted by molar-refractivity contribution is 7.47. The Kier molecular flexibility index (Phi) is 72.1. The minimum Gasteiger partial charge on any atom is -0.462 e. The van der Waals surface area contributed by atoms with E-state index < -0.39 is 97.5 Å². The number of allylic oxidation sites excluding steroid dienone is 8. The van der Waals surface area contributed by atoms with Crippen molar-refractivity contribution in [2.24, 2.45) is 0 Å². The largest absolute Gasteiger partial charge is 0.472 e. The van der Waals surface area contributed by atoms with Gasteiger partial charge in [0.15, 0.2) is 12.2 Å². The second-order valence-electron chi connectivity index (χ2n) is 27.7. The van der Waals surface area contributed by atoms with Gasteiger partial charge in [0.2, 0.25) is 0 Å². The van der Waals surface area contributed by atoms with Crippen LogP contribution >= 0.6 is 15.6 Å². The molecule has 0 aliphatic rings. The van der Waals surface area contributed by atoms with Crippen molar-refractivity contribution in [3.63, 3.8) is 0 Å². The quantitative estimate of drug-likeness (QED) is 0.0169. The van der Waals surface area contributed by atoms with Crippen LogP contribution in [0.1, 0.15) is 387 Å². The van der Waals surface area contributed by atoms with Gasteiger partial charge in [-0.3, -0.25) is 37.3 Å². The average Bonchev–Trinajstić information content (AvgIpc) is 0.962. The van der Waals surface area contributed by atoms with Gasteiger partial charge in [-0.15, -0.1) is 0 Å². The number of carbonyl (C=O) groups is 4. The molecule has 2 unspecified atom stereocenters. The first-order chi connectivity index (χ1) is 48.7. The van der Waals surface area contributed by atoms with E-state index in [-0.39, 0.29) is 25.7 Å². The van der Waals surface area contributed by atoms with Crippen LogP contribution in [-0.4, -0.2) is 96.7 Å². The first kappa shape index (κ1) is 97.0. The molecule has 0 saturated heterocycles. The summed E-state index contributed by atoms with van der Waals surface area (Å²) in [5.74, 6) is -2.19. The van der Waals surface area contributed by atoms with Gasteiger partial charge in [-0.1, -0.05) is 346 Å². The summed E-state index contributed by atoms with van der Waals surface area (Å²) in [5.41, 5.74) is 0. The summed E-state index contributed by atoms with van der Waals surface area (Å²) in [6, 6.07) is 0. The average molecular weight is 1460 g/mol. The Morgan fingerprint density at radius 3 is 0.790 bits per heavy atom. The third-order valence-electron chi connectivity index (χ3n) is 17.8. The molecule has 0 aromatic rings. The maximum atomic E-state index is 13.1. The third kappa shape index (κ3) is 73.3. The molecular formula is C81H150O17P2. The van der Waals surface area contributed by atoms with Crippen LogP contribution in [0.4, 0.5) is 0 Å². The van der Waals surface area contributed by atoms with E-state index in [4.69, 9.17) is 37.0 Å². The van der Waals surface area contributed by atoms with Crippen molar-refractivity contribution >= 4 is 39.5 Å².